The standard InChI is InChI=1S/C18H15NO3S/c1-2-13-7-9-14(10-8-13)23(21,22)19-17-11-12-18(20)16-6-4-3-5-15(16)17/h3-12H,2H2,1H3/b19-17+. The summed E-state index contributed by atoms with van der Waals surface area (Å²) in [7, 11) is -3.82. The van der Waals surface area contributed by atoms with Crippen LogP contribution in [0.3, 0.4) is 0 Å². The molecule has 0 fully saturated rings. The van der Waals surface area contributed by atoms with E-state index in [0.717, 1.165) is 12.0 Å². The van der Waals surface area contributed by atoms with Gasteiger partial charge in [0.15, 0.2) is 5.78 Å². The lowest BCUT2D eigenvalue weighted by atomic mass is 9.95. The minimum atomic E-state index is -3.82. The topological polar surface area (TPSA) is 63.6 Å². The Hall–Kier alpha value is -2.53. The number of sulfonamides is 1. The molecule has 0 aromatic heterocycles. The third-order valence-corrected chi connectivity index (χ3v) is 5.01. The summed E-state index contributed by atoms with van der Waals surface area (Å²) in [6, 6.07) is 13.5. The number of hydrogen-bond acceptors (Lipinski definition) is 3. The zero-order valence-electron chi connectivity index (χ0n) is 12.6. The Morgan fingerprint density at radius 2 is 1.57 bits per heavy atom. The molecule has 0 heterocycles. The third-order valence-electron chi connectivity index (χ3n) is 3.71. The fourth-order valence-electron chi connectivity index (χ4n) is 2.41. The van der Waals surface area contributed by atoms with Gasteiger partial charge in [0.2, 0.25) is 0 Å². The van der Waals surface area contributed by atoms with Gasteiger partial charge in [-0.05, 0) is 36.3 Å². The molecule has 0 radical (unpaired) electrons. The fourth-order valence-corrected chi connectivity index (χ4v) is 3.42. The van der Waals surface area contributed by atoms with Gasteiger partial charge < -0.3 is 0 Å². The number of carbonyl (C=O) groups is 1. The number of nitrogens with zero attached hydrogens (tertiary/aromatic N) is 1. The van der Waals surface area contributed by atoms with Gasteiger partial charge in [-0.25, -0.2) is 0 Å². The minimum absolute atomic E-state index is 0.144. The number of allylic oxidation sites excluding steroid dienone is 2. The predicted molar refractivity (Wildman–Crippen MR) is 89.5 cm³/mol. The summed E-state index contributed by atoms with van der Waals surface area (Å²) in [4.78, 5) is 12.0. The first-order chi connectivity index (χ1) is 11.0. The molecule has 3 rings (SSSR count). The van der Waals surface area contributed by atoms with Crippen LogP contribution < -0.4 is 0 Å². The molecule has 0 amide bonds. The monoisotopic (exact) mass is 325 g/mol. The lowest BCUT2D eigenvalue weighted by Crippen LogP contribution is -2.14. The highest BCUT2D eigenvalue weighted by molar-refractivity contribution is 7.90. The van der Waals surface area contributed by atoms with Gasteiger partial charge in [-0.15, -0.1) is 0 Å². The van der Waals surface area contributed by atoms with Crippen molar-refractivity contribution >= 4 is 21.5 Å². The first kappa shape index (κ1) is 15.4. The number of fused-ring (bicyclic) bond motifs is 1. The van der Waals surface area contributed by atoms with Gasteiger partial charge in [-0.1, -0.05) is 43.3 Å². The fraction of sp³-hybridized carbons (Fsp3) is 0.111. The molecular formula is C18H15NO3S. The van der Waals surface area contributed by atoms with Crippen LogP contribution in [0.2, 0.25) is 0 Å². The average molecular weight is 325 g/mol. The molecule has 0 bridgehead atoms. The molecule has 0 spiro atoms. The molecule has 116 valence electrons. The molecule has 0 aliphatic heterocycles. The smallest absolute Gasteiger partial charge is 0.282 e. The Balaban J connectivity index is 2.06. The molecule has 0 saturated carbocycles. The number of carbonyl (C=O) groups excluding carboxylic acids is 1. The number of benzene rings is 2. The predicted octanol–water partition coefficient (Wildman–Crippen LogP) is 3.18. The van der Waals surface area contributed by atoms with Crippen LogP contribution in [-0.4, -0.2) is 19.9 Å². The van der Waals surface area contributed by atoms with Crippen molar-refractivity contribution < 1.29 is 13.2 Å². The van der Waals surface area contributed by atoms with E-state index in [9.17, 15) is 13.2 Å². The van der Waals surface area contributed by atoms with Gasteiger partial charge >= 0.3 is 0 Å². The van der Waals surface area contributed by atoms with Crippen LogP contribution in [0, 0.1) is 0 Å². The van der Waals surface area contributed by atoms with E-state index in [1.165, 1.54) is 12.2 Å². The van der Waals surface area contributed by atoms with Crippen molar-refractivity contribution in [2.75, 3.05) is 0 Å². The molecule has 2 aromatic carbocycles. The maximum atomic E-state index is 12.5. The van der Waals surface area contributed by atoms with Gasteiger partial charge in [0.25, 0.3) is 10.0 Å². The van der Waals surface area contributed by atoms with Crippen molar-refractivity contribution in [3.05, 3.63) is 77.4 Å². The highest BCUT2D eigenvalue weighted by Crippen LogP contribution is 2.20. The summed E-state index contributed by atoms with van der Waals surface area (Å²) >= 11 is 0. The summed E-state index contributed by atoms with van der Waals surface area (Å²) in [6.07, 6.45) is 3.63. The molecule has 23 heavy (non-hydrogen) atoms. The second-order valence-corrected chi connectivity index (χ2v) is 6.80. The van der Waals surface area contributed by atoms with Crippen LogP contribution in [-0.2, 0) is 16.4 Å². The molecule has 1 aliphatic rings. The Labute approximate surface area is 135 Å². The number of rotatable bonds is 3. The molecule has 0 N–H and O–H groups in total. The Morgan fingerprint density at radius 1 is 0.913 bits per heavy atom. The molecule has 0 unspecified atom stereocenters. The highest BCUT2D eigenvalue weighted by Gasteiger charge is 2.20. The summed E-state index contributed by atoms with van der Waals surface area (Å²) in [6.45, 7) is 2.00. The van der Waals surface area contributed by atoms with Crippen molar-refractivity contribution in [3.63, 3.8) is 0 Å². The second-order valence-electron chi connectivity index (χ2n) is 5.19. The van der Waals surface area contributed by atoms with E-state index >= 15 is 0 Å². The normalized spacial score (nSPS) is 15.7. The van der Waals surface area contributed by atoms with Gasteiger partial charge in [0.05, 0.1) is 10.6 Å². The van der Waals surface area contributed by atoms with Crippen molar-refractivity contribution in [1.29, 1.82) is 0 Å². The van der Waals surface area contributed by atoms with Crippen LogP contribution >= 0.6 is 0 Å². The minimum Gasteiger partial charge on any atom is -0.289 e. The maximum Gasteiger partial charge on any atom is 0.282 e. The first-order valence-electron chi connectivity index (χ1n) is 7.27. The molecule has 4 nitrogen and oxygen atoms in total. The number of ketones is 1. The maximum absolute atomic E-state index is 12.5. The Kier molecular flexibility index (Phi) is 3.96. The van der Waals surface area contributed by atoms with E-state index in [0.29, 0.717) is 11.1 Å². The lowest BCUT2D eigenvalue weighted by molar-refractivity contribution is 0.104. The van der Waals surface area contributed by atoms with Crippen molar-refractivity contribution in [2.45, 2.75) is 18.2 Å². The van der Waals surface area contributed by atoms with Gasteiger partial charge in [-0.3, -0.25) is 4.79 Å². The summed E-state index contributed by atoms with van der Waals surface area (Å²) in [5.41, 5.74) is 2.34. The van der Waals surface area contributed by atoms with E-state index < -0.39 is 10.0 Å². The largest absolute Gasteiger partial charge is 0.289 e. The van der Waals surface area contributed by atoms with Crippen molar-refractivity contribution in [1.82, 2.24) is 0 Å². The Morgan fingerprint density at radius 3 is 2.22 bits per heavy atom. The van der Waals surface area contributed by atoms with Crippen LogP contribution in [0.1, 0.15) is 28.4 Å². The van der Waals surface area contributed by atoms with Crippen LogP contribution in [0.4, 0.5) is 0 Å². The van der Waals surface area contributed by atoms with Gasteiger partial charge in [0, 0.05) is 11.1 Å². The number of hydrogen-bond donors (Lipinski definition) is 0. The van der Waals surface area contributed by atoms with Crippen LogP contribution in [0.15, 0.2) is 70.0 Å². The summed E-state index contributed by atoms with van der Waals surface area (Å²) < 4.78 is 28.9. The zero-order valence-corrected chi connectivity index (χ0v) is 13.4. The van der Waals surface area contributed by atoms with Crippen molar-refractivity contribution in [3.8, 4) is 0 Å². The third kappa shape index (κ3) is 3.00. The van der Waals surface area contributed by atoms with E-state index in [1.807, 2.05) is 6.92 Å². The molecule has 2 aromatic rings. The zero-order chi connectivity index (χ0) is 16.4. The van der Waals surface area contributed by atoms with Crippen LogP contribution in [0.25, 0.3) is 0 Å². The molecule has 0 atom stereocenters. The second kappa shape index (κ2) is 5.93. The van der Waals surface area contributed by atoms with E-state index in [1.54, 1.807) is 48.5 Å². The quantitative estimate of drug-likeness (QED) is 0.870. The molecule has 1 aliphatic carbocycles. The molecule has 0 saturated heterocycles. The summed E-state index contributed by atoms with van der Waals surface area (Å²) in [5.74, 6) is -0.149. The molecular weight excluding hydrogens is 310 g/mol. The summed E-state index contributed by atoms with van der Waals surface area (Å²) in [5, 5.41) is 0. The number of aryl methyl sites for hydroxylation is 1. The highest BCUT2D eigenvalue weighted by atomic mass is 32.2. The first-order valence-corrected chi connectivity index (χ1v) is 8.71. The SMILES string of the molecule is CCc1ccc(S(=O)(=O)/N=C2\C=CC(=O)c3ccccc32)cc1. The van der Waals surface area contributed by atoms with Gasteiger partial charge in [0.1, 0.15) is 0 Å². The lowest BCUT2D eigenvalue weighted by Gasteiger charge is -2.11. The Bertz CT molecular complexity index is 923. The average Bonchev–Trinajstić information content (AvgIpc) is 2.58. The van der Waals surface area contributed by atoms with E-state index in [4.69, 9.17) is 0 Å². The van der Waals surface area contributed by atoms with E-state index in [2.05, 4.69) is 4.40 Å². The molecule has 5 heteroatoms. The van der Waals surface area contributed by atoms with Gasteiger partial charge in [-0.2, -0.15) is 12.8 Å². The van der Waals surface area contributed by atoms with Crippen molar-refractivity contribution in [2.24, 2.45) is 4.40 Å². The van der Waals surface area contributed by atoms with Crippen LogP contribution in [0.5, 0.6) is 0 Å². The van der Waals surface area contributed by atoms with E-state index in [-0.39, 0.29) is 16.4 Å².